The van der Waals surface area contributed by atoms with Crippen LogP contribution in [0.2, 0.25) is 19.6 Å². The third-order valence-corrected chi connectivity index (χ3v) is 14.2. The van der Waals surface area contributed by atoms with Crippen molar-refractivity contribution in [3.8, 4) is 22.5 Å². The molecule has 0 saturated heterocycles. The Morgan fingerprint density at radius 2 is 1.75 bits per heavy atom. The van der Waals surface area contributed by atoms with Crippen LogP contribution < -0.4 is 14.3 Å². The number of hydrogen-bond acceptors (Lipinski definition) is 2. The molecule has 0 radical (unpaired) electrons. The number of pyridine rings is 3. The maximum absolute atomic E-state index is 6.73. The fourth-order valence-corrected chi connectivity index (χ4v) is 11.4. The van der Waals surface area contributed by atoms with E-state index in [9.17, 15) is 0 Å². The molecule has 51 heavy (non-hydrogen) atoms. The molecule has 5 heteroatoms. The summed E-state index contributed by atoms with van der Waals surface area (Å²) in [4.78, 5) is 4.66. The summed E-state index contributed by atoms with van der Waals surface area (Å²) < 4.78 is 11.8. The second-order valence-corrected chi connectivity index (χ2v) is 22.1. The zero-order valence-electron chi connectivity index (χ0n) is 31.0. The first-order valence-electron chi connectivity index (χ1n) is 19.4. The Balaban J connectivity index is 1.31. The van der Waals surface area contributed by atoms with Gasteiger partial charge in [-0.05, 0) is 84.6 Å². The molecule has 0 bridgehead atoms. The number of nitrogens with zero attached hydrogens (tertiary/aromatic N) is 3. The van der Waals surface area contributed by atoms with Crippen molar-refractivity contribution in [2.24, 2.45) is 11.8 Å². The van der Waals surface area contributed by atoms with Crippen LogP contribution in [0.25, 0.3) is 50.3 Å². The van der Waals surface area contributed by atoms with Gasteiger partial charge >= 0.3 is 0 Å². The number of hydrogen-bond donors (Lipinski definition) is 0. The lowest BCUT2D eigenvalue weighted by molar-refractivity contribution is -0.726. The molecule has 9 rings (SSSR count). The number of benzene rings is 2. The molecule has 1 aliphatic carbocycles. The monoisotopic (exact) mass is 689 g/mol. The Morgan fingerprint density at radius 1 is 0.922 bits per heavy atom. The van der Waals surface area contributed by atoms with Gasteiger partial charge in [-0.1, -0.05) is 89.5 Å². The molecule has 258 valence electrons. The van der Waals surface area contributed by atoms with Gasteiger partial charge in [-0.25, -0.2) is 4.98 Å². The molecule has 0 N–H and O–H groups in total. The minimum atomic E-state index is -1.68. The molecule has 2 aliphatic heterocycles. The Labute approximate surface area is 303 Å². The quantitative estimate of drug-likeness (QED) is 0.133. The van der Waals surface area contributed by atoms with Gasteiger partial charge < -0.3 is 4.42 Å². The van der Waals surface area contributed by atoms with Gasteiger partial charge in [0.15, 0.2) is 18.0 Å². The Bertz CT molecular complexity index is 2340. The highest BCUT2D eigenvalue weighted by Crippen LogP contribution is 2.46. The number of aromatic nitrogens is 3. The molecule has 0 amide bonds. The van der Waals surface area contributed by atoms with Crippen LogP contribution in [-0.2, 0) is 19.3 Å². The van der Waals surface area contributed by atoms with E-state index in [1.165, 1.54) is 70.5 Å². The molecular weight excluding hydrogens is 639 g/mol. The van der Waals surface area contributed by atoms with Crippen LogP contribution in [-0.4, -0.2) is 13.1 Å². The molecule has 2 unspecified atom stereocenters. The van der Waals surface area contributed by atoms with Crippen LogP contribution in [0.15, 0.2) is 96.3 Å². The first kappa shape index (κ1) is 32.5. The van der Waals surface area contributed by atoms with E-state index in [2.05, 4.69) is 121 Å². The summed E-state index contributed by atoms with van der Waals surface area (Å²) in [6, 6.07) is 25.5. The molecule has 2 aromatic carbocycles. The maximum Gasteiger partial charge on any atom is 0.249 e. The average molecular weight is 690 g/mol. The molecule has 1 fully saturated rings. The standard InChI is InChI=1S/C46H51N3OSi/c1-29(2)24-34-27-40-36-15-10-9-14-35(36)37-19-17-33-18-20-38-39-16-11-22-47-46(39)50-45(38)43(33)41-26-32(25-31-12-7-8-13-31)21-23-48(41)30(3)44(37)49(40)28-42(34)51(4,5)6/h9-11,14-16,18,20-23,26-29,31,37,44H,3,7-8,12-13,17,19,24-25H2,1-2,4-6H3/q+2. The lowest BCUT2D eigenvalue weighted by atomic mass is 9.78. The summed E-state index contributed by atoms with van der Waals surface area (Å²) in [5.74, 6) is 1.63. The number of aryl methyl sites for hydroxylation is 1. The smallest absolute Gasteiger partial charge is 0.249 e. The summed E-state index contributed by atoms with van der Waals surface area (Å²) in [5.41, 5.74) is 13.6. The van der Waals surface area contributed by atoms with Gasteiger partial charge in [0.1, 0.15) is 0 Å². The van der Waals surface area contributed by atoms with Crippen molar-refractivity contribution in [3.63, 3.8) is 0 Å². The van der Waals surface area contributed by atoms with Crippen LogP contribution in [0, 0.1) is 11.8 Å². The van der Waals surface area contributed by atoms with E-state index in [0.29, 0.717) is 11.6 Å². The van der Waals surface area contributed by atoms with Crippen LogP contribution >= 0.6 is 0 Å². The van der Waals surface area contributed by atoms with E-state index >= 15 is 0 Å². The molecule has 0 spiro atoms. The van der Waals surface area contributed by atoms with Crippen molar-refractivity contribution >= 4 is 41.0 Å². The zero-order valence-corrected chi connectivity index (χ0v) is 32.0. The Hall–Kier alpha value is -4.35. The van der Waals surface area contributed by atoms with Crippen molar-refractivity contribution in [1.82, 2.24) is 4.98 Å². The normalized spacial score (nSPS) is 18.9. The van der Waals surface area contributed by atoms with Crippen LogP contribution in [0.3, 0.4) is 0 Å². The lowest BCUT2D eigenvalue weighted by Crippen LogP contribution is -2.57. The fraction of sp³-hybridized carbons (Fsp3) is 0.370. The third-order valence-electron chi connectivity index (χ3n) is 12.1. The molecule has 6 heterocycles. The van der Waals surface area contributed by atoms with E-state index in [1.807, 2.05) is 12.3 Å². The highest BCUT2D eigenvalue weighted by molar-refractivity contribution is 6.89. The van der Waals surface area contributed by atoms with Crippen LogP contribution in [0.5, 0.6) is 0 Å². The molecule has 1 saturated carbocycles. The maximum atomic E-state index is 6.73. The number of fused-ring (bicyclic) bond motifs is 13. The van der Waals surface area contributed by atoms with Gasteiger partial charge in [0, 0.05) is 45.9 Å². The van der Waals surface area contributed by atoms with Gasteiger partial charge in [-0.3, -0.25) is 0 Å². The zero-order chi connectivity index (χ0) is 35.0. The molecule has 6 aromatic rings. The Kier molecular flexibility index (Phi) is 7.92. The SMILES string of the molecule is C=C1C2C(CCc3ccc4c(oc5ncccc54)c3-c3cc(CC4CCCC4)cc[n+]31)c1ccccc1-c1cc(CC(C)C)c([Si](C)(C)C)c[n+]12. The summed E-state index contributed by atoms with van der Waals surface area (Å²) in [7, 11) is -1.68. The van der Waals surface area contributed by atoms with Crippen molar-refractivity contribution in [1.29, 1.82) is 0 Å². The van der Waals surface area contributed by atoms with Gasteiger partial charge in [0.2, 0.25) is 28.8 Å². The highest BCUT2D eigenvalue weighted by Gasteiger charge is 2.48. The topological polar surface area (TPSA) is 33.8 Å². The van der Waals surface area contributed by atoms with Gasteiger partial charge in [-0.2, -0.15) is 9.13 Å². The molecule has 4 aromatic heterocycles. The van der Waals surface area contributed by atoms with Gasteiger partial charge in [-0.15, -0.1) is 0 Å². The van der Waals surface area contributed by atoms with E-state index < -0.39 is 8.07 Å². The first-order chi connectivity index (χ1) is 24.7. The van der Waals surface area contributed by atoms with E-state index in [1.54, 1.807) is 5.19 Å². The van der Waals surface area contributed by atoms with Crippen LogP contribution in [0.4, 0.5) is 0 Å². The number of allylic oxidation sites excluding steroid dienone is 1. The van der Waals surface area contributed by atoms with Crippen LogP contribution in [0.1, 0.15) is 80.2 Å². The first-order valence-corrected chi connectivity index (χ1v) is 22.9. The minimum absolute atomic E-state index is 0.0738. The van der Waals surface area contributed by atoms with E-state index in [-0.39, 0.29) is 12.0 Å². The minimum Gasteiger partial charge on any atom is -0.437 e. The van der Waals surface area contributed by atoms with E-state index in [0.717, 1.165) is 53.7 Å². The largest absolute Gasteiger partial charge is 0.437 e. The lowest BCUT2D eigenvalue weighted by Gasteiger charge is -2.31. The fourth-order valence-electron chi connectivity index (χ4n) is 9.78. The molecule has 2 atom stereocenters. The van der Waals surface area contributed by atoms with Crippen molar-refractivity contribution < 1.29 is 13.6 Å². The van der Waals surface area contributed by atoms with Gasteiger partial charge in [0.05, 0.1) is 19.6 Å². The second-order valence-electron chi connectivity index (χ2n) is 17.1. The third kappa shape index (κ3) is 5.51. The van der Waals surface area contributed by atoms with Crippen molar-refractivity contribution in [2.45, 2.75) is 96.8 Å². The van der Waals surface area contributed by atoms with Gasteiger partial charge in [0.25, 0.3) is 0 Å². The van der Waals surface area contributed by atoms with Crippen molar-refractivity contribution in [3.05, 3.63) is 114 Å². The number of rotatable bonds is 5. The molecular formula is C46H51N3OSi+2. The second kappa shape index (κ2) is 12.4. The average Bonchev–Trinajstić information content (AvgIpc) is 3.77. The summed E-state index contributed by atoms with van der Waals surface area (Å²) in [6.07, 6.45) is 16.3. The Morgan fingerprint density at radius 3 is 2.55 bits per heavy atom. The predicted octanol–water partition coefficient (Wildman–Crippen LogP) is 10.1. The molecule has 4 nitrogen and oxygen atoms in total. The molecule has 3 aliphatic rings. The highest BCUT2D eigenvalue weighted by atomic mass is 28.3. The summed E-state index contributed by atoms with van der Waals surface area (Å²) in [6.45, 7) is 17.3. The predicted molar refractivity (Wildman–Crippen MR) is 212 cm³/mol. The summed E-state index contributed by atoms with van der Waals surface area (Å²) >= 11 is 0. The summed E-state index contributed by atoms with van der Waals surface area (Å²) in [5, 5.41) is 3.78. The number of furan rings is 1. The van der Waals surface area contributed by atoms with Crippen molar-refractivity contribution in [2.75, 3.05) is 0 Å². The van der Waals surface area contributed by atoms with E-state index in [4.69, 9.17) is 11.0 Å².